The Kier molecular flexibility index (Phi) is 3.45. The molecule has 0 saturated heterocycles. The Bertz CT molecular complexity index is 479. The van der Waals surface area contributed by atoms with Crippen LogP contribution in [0.3, 0.4) is 0 Å². The van der Waals surface area contributed by atoms with Gasteiger partial charge in [-0.25, -0.2) is 4.98 Å². The molecule has 0 aromatic carbocycles. The maximum Gasteiger partial charge on any atom is 0.106 e. The van der Waals surface area contributed by atoms with Crippen LogP contribution in [0.2, 0.25) is 0 Å². The minimum absolute atomic E-state index is 0.231. The number of hydrogen-bond donors (Lipinski definition) is 1. The second kappa shape index (κ2) is 4.74. The number of aromatic nitrogens is 2. The number of hydrogen-bond acceptors (Lipinski definition) is 3. The van der Waals surface area contributed by atoms with Gasteiger partial charge in [-0.1, -0.05) is 0 Å². The van der Waals surface area contributed by atoms with E-state index < -0.39 is 5.54 Å². The van der Waals surface area contributed by atoms with Crippen molar-refractivity contribution >= 4 is 0 Å². The second-order valence-electron chi connectivity index (χ2n) is 5.71. The van der Waals surface area contributed by atoms with Gasteiger partial charge in [0.25, 0.3) is 0 Å². The number of rotatable bonds is 3. The van der Waals surface area contributed by atoms with Gasteiger partial charge in [-0.05, 0) is 52.9 Å². The third-order valence-electron chi connectivity index (χ3n) is 3.76. The summed E-state index contributed by atoms with van der Waals surface area (Å²) >= 11 is 0. The first-order valence-electron chi connectivity index (χ1n) is 6.71. The van der Waals surface area contributed by atoms with Crippen molar-refractivity contribution in [2.45, 2.75) is 64.5 Å². The highest BCUT2D eigenvalue weighted by Gasteiger charge is 2.26. The van der Waals surface area contributed by atoms with E-state index in [1.807, 2.05) is 0 Å². The van der Waals surface area contributed by atoms with Gasteiger partial charge in [-0.2, -0.15) is 5.26 Å². The molecule has 2 rings (SSSR count). The molecule has 0 amide bonds. The summed E-state index contributed by atoms with van der Waals surface area (Å²) in [5, 5.41) is 9.05. The third-order valence-corrected chi connectivity index (χ3v) is 3.76. The minimum Gasteiger partial charge on any atom is -0.329 e. The molecule has 1 aliphatic rings. The minimum atomic E-state index is -0.766. The predicted octanol–water partition coefficient (Wildman–Crippen LogP) is 2.26. The molecular weight excluding hydrogens is 224 g/mol. The van der Waals surface area contributed by atoms with E-state index in [9.17, 15) is 0 Å². The predicted molar refractivity (Wildman–Crippen MR) is 71.1 cm³/mol. The summed E-state index contributed by atoms with van der Waals surface area (Å²) in [6, 6.07) is 2.41. The molecule has 18 heavy (non-hydrogen) atoms. The third kappa shape index (κ3) is 2.41. The zero-order valence-electron chi connectivity index (χ0n) is 11.5. The molecular formula is C14H22N4. The smallest absolute Gasteiger partial charge is 0.106 e. The molecule has 2 atom stereocenters. The lowest BCUT2D eigenvalue weighted by molar-refractivity contribution is 0.396. The number of imidazole rings is 1. The molecule has 1 aromatic rings. The first-order chi connectivity index (χ1) is 8.44. The van der Waals surface area contributed by atoms with Crippen molar-refractivity contribution in [2.75, 3.05) is 0 Å². The van der Waals surface area contributed by atoms with Crippen LogP contribution in [0.15, 0.2) is 0 Å². The second-order valence-corrected chi connectivity index (χ2v) is 5.71. The molecule has 4 heteroatoms. The van der Waals surface area contributed by atoms with Crippen molar-refractivity contribution in [3.63, 3.8) is 0 Å². The highest BCUT2D eigenvalue weighted by atomic mass is 15.1. The lowest BCUT2D eigenvalue weighted by Gasteiger charge is -2.25. The molecule has 2 N–H and O–H groups in total. The summed E-state index contributed by atoms with van der Waals surface area (Å²) in [5.41, 5.74) is 7.80. The van der Waals surface area contributed by atoms with E-state index in [1.54, 1.807) is 6.92 Å². The van der Waals surface area contributed by atoms with Gasteiger partial charge in [-0.3, -0.25) is 0 Å². The van der Waals surface area contributed by atoms with E-state index in [-0.39, 0.29) is 6.04 Å². The summed E-state index contributed by atoms with van der Waals surface area (Å²) in [4.78, 5) is 4.67. The van der Waals surface area contributed by atoms with Crippen molar-refractivity contribution in [1.82, 2.24) is 9.55 Å². The normalized spacial score (nSPS) is 19.7. The van der Waals surface area contributed by atoms with Gasteiger partial charge < -0.3 is 10.3 Å². The molecule has 1 heterocycles. The molecule has 0 saturated carbocycles. The fraction of sp³-hybridized carbons (Fsp3) is 0.714. The number of fused-ring (bicyclic) bond motifs is 1. The van der Waals surface area contributed by atoms with Crippen molar-refractivity contribution in [1.29, 1.82) is 5.26 Å². The fourth-order valence-electron chi connectivity index (χ4n) is 3.03. The van der Waals surface area contributed by atoms with E-state index >= 15 is 0 Å². The molecule has 0 radical (unpaired) electrons. The zero-order chi connectivity index (χ0) is 13.3. The van der Waals surface area contributed by atoms with Crippen LogP contribution in [-0.2, 0) is 12.8 Å². The quantitative estimate of drug-likeness (QED) is 0.889. The van der Waals surface area contributed by atoms with Gasteiger partial charge in [0.1, 0.15) is 11.4 Å². The number of nitriles is 1. The average molecular weight is 246 g/mol. The monoisotopic (exact) mass is 246 g/mol. The van der Waals surface area contributed by atoms with Crippen LogP contribution in [0.5, 0.6) is 0 Å². The zero-order valence-corrected chi connectivity index (χ0v) is 11.5. The van der Waals surface area contributed by atoms with Crippen LogP contribution < -0.4 is 5.73 Å². The molecule has 1 aromatic heterocycles. The molecule has 0 fully saturated rings. The van der Waals surface area contributed by atoms with Gasteiger partial charge in [0.05, 0.1) is 11.8 Å². The Morgan fingerprint density at radius 3 is 2.83 bits per heavy atom. The summed E-state index contributed by atoms with van der Waals surface area (Å²) < 4.78 is 2.29. The van der Waals surface area contributed by atoms with E-state index in [0.29, 0.717) is 6.42 Å². The van der Waals surface area contributed by atoms with Crippen LogP contribution in [0.4, 0.5) is 0 Å². The Hall–Kier alpha value is -1.34. The van der Waals surface area contributed by atoms with Gasteiger partial charge in [0, 0.05) is 11.7 Å². The maximum atomic E-state index is 9.05. The highest BCUT2D eigenvalue weighted by molar-refractivity contribution is 5.21. The first kappa shape index (κ1) is 13.1. The fourth-order valence-corrected chi connectivity index (χ4v) is 3.03. The Morgan fingerprint density at radius 2 is 2.17 bits per heavy atom. The first-order valence-corrected chi connectivity index (χ1v) is 6.71. The van der Waals surface area contributed by atoms with Crippen molar-refractivity contribution in [2.24, 2.45) is 5.73 Å². The number of aryl methyl sites for hydroxylation is 2. The van der Waals surface area contributed by atoms with Gasteiger partial charge in [0.2, 0.25) is 0 Å². The Morgan fingerprint density at radius 1 is 1.50 bits per heavy atom. The van der Waals surface area contributed by atoms with Gasteiger partial charge >= 0.3 is 0 Å². The van der Waals surface area contributed by atoms with E-state index in [4.69, 9.17) is 11.0 Å². The lowest BCUT2D eigenvalue weighted by atomic mass is 9.95. The van der Waals surface area contributed by atoms with Crippen LogP contribution in [-0.4, -0.2) is 15.1 Å². The van der Waals surface area contributed by atoms with Crippen molar-refractivity contribution in [3.05, 3.63) is 17.2 Å². The summed E-state index contributed by atoms with van der Waals surface area (Å²) in [6.07, 6.45) is 5.34. The van der Waals surface area contributed by atoms with Crippen LogP contribution in [0.25, 0.3) is 0 Å². The highest BCUT2D eigenvalue weighted by Crippen LogP contribution is 2.28. The molecule has 2 unspecified atom stereocenters. The lowest BCUT2D eigenvalue weighted by Crippen LogP contribution is -2.37. The molecule has 0 aliphatic heterocycles. The Labute approximate surface area is 109 Å². The van der Waals surface area contributed by atoms with Crippen molar-refractivity contribution in [3.8, 4) is 6.07 Å². The van der Waals surface area contributed by atoms with Crippen LogP contribution in [0.1, 0.15) is 56.4 Å². The SMILES string of the molecule is Cc1nc2c(n1C(C)CC(C)(N)C#N)CCCC2. The average Bonchev–Trinajstić information content (AvgIpc) is 2.64. The summed E-state index contributed by atoms with van der Waals surface area (Å²) in [6.45, 7) is 5.98. The van der Waals surface area contributed by atoms with Crippen LogP contribution in [0, 0.1) is 18.3 Å². The van der Waals surface area contributed by atoms with Crippen LogP contribution >= 0.6 is 0 Å². The largest absolute Gasteiger partial charge is 0.329 e. The van der Waals surface area contributed by atoms with E-state index in [0.717, 1.165) is 18.7 Å². The molecule has 0 bridgehead atoms. The molecule has 1 aliphatic carbocycles. The molecule has 98 valence electrons. The summed E-state index contributed by atoms with van der Waals surface area (Å²) in [7, 11) is 0. The molecule has 0 spiro atoms. The topological polar surface area (TPSA) is 67.6 Å². The van der Waals surface area contributed by atoms with E-state index in [2.05, 4.69) is 29.5 Å². The summed E-state index contributed by atoms with van der Waals surface area (Å²) in [5.74, 6) is 1.06. The maximum absolute atomic E-state index is 9.05. The van der Waals surface area contributed by atoms with Crippen molar-refractivity contribution < 1.29 is 0 Å². The Balaban J connectivity index is 2.28. The van der Waals surface area contributed by atoms with E-state index in [1.165, 1.54) is 24.2 Å². The molecule has 4 nitrogen and oxygen atoms in total. The van der Waals surface area contributed by atoms with Gasteiger partial charge in [-0.15, -0.1) is 0 Å². The number of nitrogens with zero attached hydrogens (tertiary/aromatic N) is 3. The number of nitrogens with two attached hydrogens (primary N) is 1. The van der Waals surface area contributed by atoms with Gasteiger partial charge in [0.15, 0.2) is 0 Å². The standard InChI is InChI=1S/C14H22N4/c1-10(8-14(3,16)9-15)18-11(2)17-12-6-4-5-7-13(12)18/h10H,4-8,16H2,1-3H3.